The molecule has 1 heterocycles. The molecule has 124 valence electrons. The van der Waals surface area contributed by atoms with E-state index in [0.717, 1.165) is 0 Å². The normalized spacial score (nSPS) is 11.9. The van der Waals surface area contributed by atoms with Crippen molar-refractivity contribution in [2.24, 2.45) is 0 Å². The van der Waals surface area contributed by atoms with Crippen LogP contribution in [0.15, 0.2) is 22.7 Å². The van der Waals surface area contributed by atoms with Gasteiger partial charge in [0.1, 0.15) is 17.4 Å². The molecular formula is C16H20N2O5. The zero-order valence-corrected chi connectivity index (χ0v) is 13.8. The largest absolute Gasteiger partial charge is 0.493 e. The number of carbonyl (C=O) groups excluding carboxylic acids is 1. The topological polar surface area (TPSA) is 85.0 Å². The lowest BCUT2D eigenvalue weighted by Gasteiger charge is -2.13. The van der Waals surface area contributed by atoms with Crippen LogP contribution in [0.25, 0.3) is 11.3 Å². The summed E-state index contributed by atoms with van der Waals surface area (Å²) in [5.74, 6) is 0.909. The van der Waals surface area contributed by atoms with Gasteiger partial charge < -0.3 is 24.0 Å². The van der Waals surface area contributed by atoms with E-state index in [1.807, 2.05) is 0 Å². The van der Waals surface area contributed by atoms with Crippen molar-refractivity contribution in [2.75, 3.05) is 28.3 Å². The first-order chi connectivity index (χ1) is 10.9. The predicted molar refractivity (Wildman–Crippen MR) is 83.7 cm³/mol. The van der Waals surface area contributed by atoms with Crippen molar-refractivity contribution in [3.8, 4) is 22.8 Å². The fourth-order valence-electron chi connectivity index (χ4n) is 2.20. The maximum atomic E-state index is 12.5. The van der Waals surface area contributed by atoms with E-state index in [1.54, 1.807) is 39.4 Å². The second kappa shape index (κ2) is 6.70. The number of aliphatic hydroxyl groups excluding tert-OH is 1. The van der Waals surface area contributed by atoms with E-state index < -0.39 is 6.10 Å². The first-order valence-electron chi connectivity index (χ1n) is 7.02. The molecule has 0 aliphatic heterocycles. The number of amides is 1. The third-order valence-electron chi connectivity index (χ3n) is 3.37. The average Bonchev–Trinajstić information content (AvgIpc) is 2.98. The molecule has 7 nitrogen and oxygen atoms in total. The van der Waals surface area contributed by atoms with E-state index in [1.165, 1.54) is 18.9 Å². The van der Waals surface area contributed by atoms with Gasteiger partial charge in [-0.15, -0.1) is 0 Å². The molecule has 0 saturated carbocycles. The Balaban J connectivity index is 2.62. The van der Waals surface area contributed by atoms with Gasteiger partial charge in [0.25, 0.3) is 5.91 Å². The van der Waals surface area contributed by atoms with E-state index >= 15 is 0 Å². The zero-order chi connectivity index (χ0) is 17.1. The number of rotatable bonds is 5. The van der Waals surface area contributed by atoms with Crippen molar-refractivity contribution < 1.29 is 23.9 Å². The minimum Gasteiger partial charge on any atom is -0.493 e. The predicted octanol–water partition coefficient (Wildman–Crippen LogP) is 2.11. The van der Waals surface area contributed by atoms with E-state index in [0.29, 0.717) is 22.8 Å². The number of benzene rings is 1. The van der Waals surface area contributed by atoms with E-state index in [9.17, 15) is 9.90 Å². The smallest absolute Gasteiger partial charge is 0.259 e. The number of hydrogen-bond acceptors (Lipinski definition) is 6. The number of carbonyl (C=O) groups is 1. The van der Waals surface area contributed by atoms with Crippen LogP contribution < -0.4 is 9.47 Å². The van der Waals surface area contributed by atoms with Crippen molar-refractivity contribution in [1.82, 2.24) is 10.1 Å². The highest BCUT2D eigenvalue weighted by molar-refractivity contribution is 6.00. The number of aliphatic hydroxyl groups is 1. The van der Waals surface area contributed by atoms with Crippen molar-refractivity contribution >= 4 is 5.91 Å². The molecule has 0 bridgehead atoms. The summed E-state index contributed by atoms with van der Waals surface area (Å²) in [5, 5.41) is 13.8. The van der Waals surface area contributed by atoms with Crippen LogP contribution in [0.2, 0.25) is 0 Å². The van der Waals surface area contributed by atoms with Gasteiger partial charge >= 0.3 is 0 Å². The Labute approximate surface area is 134 Å². The number of ether oxygens (including phenoxy) is 2. The molecule has 0 radical (unpaired) electrons. The number of methoxy groups -OCH3 is 2. The van der Waals surface area contributed by atoms with Crippen molar-refractivity contribution in [1.29, 1.82) is 0 Å². The van der Waals surface area contributed by atoms with Gasteiger partial charge in [0, 0.05) is 19.7 Å². The van der Waals surface area contributed by atoms with E-state index in [2.05, 4.69) is 5.16 Å². The van der Waals surface area contributed by atoms with E-state index in [-0.39, 0.29) is 17.2 Å². The molecule has 0 fully saturated rings. The molecule has 0 spiro atoms. The van der Waals surface area contributed by atoms with Gasteiger partial charge in [-0.25, -0.2) is 0 Å². The summed E-state index contributed by atoms with van der Waals surface area (Å²) < 4.78 is 15.7. The standard InChI is InChI=1S/C16H20N2O5/c1-9(19)15-13(16(20)18(2)3)14(17-23-15)10-6-7-11(21-4)12(8-10)22-5/h6-9,19H,1-5H3. The molecule has 0 saturated heterocycles. The van der Waals surface area contributed by atoms with Crippen LogP contribution in [0.3, 0.4) is 0 Å². The lowest BCUT2D eigenvalue weighted by molar-refractivity contribution is 0.0815. The summed E-state index contributed by atoms with van der Waals surface area (Å²) in [6, 6.07) is 5.17. The van der Waals surface area contributed by atoms with Crippen LogP contribution >= 0.6 is 0 Å². The van der Waals surface area contributed by atoms with Crippen LogP contribution in [0.4, 0.5) is 0 Å². The Morgan fingerprint density at radius 3 is 2.43 bits per heavy atom. The van der Waals surface area contributed by atoms with Crippen molar-refractivity contribution in [3.63, 3.8) is 0 Å². The zero-order valence-electron chi connectivity index (χ0n) is 13.8. The second-order valence-corrected chi connectivity index (χ2v) is 5.22. The summed E-state index contributed by atoms with van der Waals surface area (Å²) in [4.78, 5) is 13.9. The minimum atomic E-state index is -0.949. The molecule has 1 atom stereocenters. The first kappa shape index (κ1) is 16.8. The summed E-state index contributed by atoms with van der Waals surface area (Å²) >= 11 is 0. The summed E-state index contributed by atoms with van der Waals surface area (Å²) in [6.45, 7) is 1.52. The van der Waals surface area contributed by atoms with Gasteiger partial charge in [-0.3, -0.25) is 4.79 Å². The lowest BCUT2D eigenvalue weighted by atomic mass is 10.0. The molecule has 2 rings (SSSR count). The summed E-state index contributed by atoms with van der Waals surface area (Å²) in [6.07, 6.45) is -0.949. The fraction of sp³-hybridized carbons (Fsp3) is 0.375. The Kier molecular flexibility index (Phi) is 4.90. The Bertz CT molecular complexity index is 706. The van der Waals surface area contributed by atoms with Crippen LogP contribution in [0, 0.1) is 0 Å². The highest BCUT2D eigenvalue weighted by atomic mass is 16.5. The van der Waals surface area contributed by atoms with Gasteiger partial charge in [0.2, 0.25) is 0 Å². The van der Waals surface area contributed by atoms with Crippen LogP contribution in [0.5, 0.6) is 11.5 Å². The van der Waals surface area contributed by atoms with Gasteiger partial charge in [-0.05, 0) is 25.1 Å². The van der Waals surface area contributed by atoms with E-state index in [4.69, 9.17) is 14.0 Å². The van der Waals surface area contributed by atoms with Crippen LogP contribution in [0.1, 0.15) is 29.1 Å². The molecule has 7 heteroatoms. The second-order valence-electron chi connectivity index (χ2n) is 5.22. The molecule has 1 aromatic carbocycles. The highest BCUT2D eigenvalue weighted by Gasteiger charge is 2.28. The monoisotopic (exact) mass is 320 g/mol. The molecular weight excluding hydrogens is 300 g/mol. The van der Waals surface area contributed by atoms with Gasteiger partial charge in [-0.1, -0.05) is 5.16 Å². The van der Waals surface area contributed by atoms with Crippen molar-refractivity contribution in [2.45, 2.75) is 13.0 Å². The molecule has 1 unspecified atom stereocenters. The van der Waals surface area contributed by atoms with Crippen LogP contribution in [-0.4, -0.2) is 49.4 Å². The maximum Gasteiger partial charge on any atom is 0.259 e. The lowest BCUT2D eigenvalue weighted by Crippen LogP contribution is -2.23. The number of nitrogens with zero attached hydrogens (tertiary/aromatic N) is 2. The Hall–Kier alpha value is -2.54. The SMILES string of the molecule is COc1ccc(-c2noc(C(C)O)c2C(=O)N(C)C)cc1OC. The van der Waals surface area contributed by atoms with Gasteiger partial charge in [0.05, 0.1) is 14.2 Å². The Morgan fingerprint density at radius 2 is 1.91 bits per heavy atom. The summed E-state index contributed by atoms with van der Waals surface area (Å²) in [5.41, 5.74) is 1.21. The fourth-order valence-corrected chi connectivity index (χ4v) is 2.20. The van der Waals surface area contributed by atoms with Crippen LogP contribution in [-0.2, 0) is 0 Å². The molecule has 0 aliphatic rings. The third kappa shape index (κ3) is 3.14. The minimum absolute atomic E-state index is 0.133. The highest BCUT2D eigenvalue weighted by Crippen LogP contribution is 2.35. The molecule has 23 heavy (non-hydrogen) atoms. The maximum absolute atomic E-state index is 12.5. The van der Waals surface area contributed by atoms with Crippen molar-refractivity contribution in [3.05, 3.63) is 29.5 Å². The molecule has 1 N–H and O–H groups in total. The summed E-state index contributed by atoms with van der Waals surface area (Å²) in [7, 11) is 6.32. The Morgan fingerprint density at radius 1 is 1.26 bits per heavy atom. The van der Waals surface area contributed by atoms with Gasteiger partial charge in [-0.2, -0.15) is 0 Å². The first-order valence-corrected chi connectivity index (χ1v) is 7.02. The molecule has 0 aliphatic carbocycles. The number of hydrogen-bond donors (Lipinski definition) is 1. The molecule has 1 amide bonds. The third-order valence-corrected chi connectivity index (χ3v) is 3.37. The molecule has 2 aromatic rings. The molecule has 1 aromatic heterocycles. The van der Waals surface area contributed by atoms with Gasteiger partial charge in [0.15, 0.2) is 17.3 Å². The number of aromatic nitrogens is 1. The average molecular weight is 320 g/mol. The quantitative estimate of drug-likeness (QED) is 0.908.